The number of halogens is 2. The molecular formula is C28H28ClFN8O3. The second-order valence-electron chi connectivity index (χ2n) is 10.2. The first-order chi connectivity index (χ1) is 19.5. The molecule has 2 aliphatic heterocycles. The lowest BCUT2D eigenvalue weighted by atomic mass is 10.1. The highest BCUT2D eigenvalue weighted by Crippen LogP contribution is 2.49. The van der Waals surface area contributed by atoms with Gasteiger partial charge in [0.05, 0.1) is 35.5 Å². The number of methoxy groups -OCH3 is 1. The van der Waals surface area contributed by atoms with E-state index in [1.165, 1.54) is 41.0 Å². The molecule has 3 aromatic rings. The zero-order valence-electron chi connectivity index (χ0n) is 23.4. The van der Waals surface area contributed by atoms with Crippen molar-refractivity contribution in [3.8, 4) is 11.9 Å². The zero-order chi connectivity index (χ0) is 29.7. The SMILES string of the molecule is COc1nc(N(C)C)ncc1[C@@H]1N(c2ccc(C#N)c(F)c2)C2=C(CN(c3cc(Cl)cn(C)c3=O)C2=O)N1C(C)C. The summed E-state index contributed by atoms with van der Waals surface area (Å²) in [6, 6.07) is 7.30. The van der Waals surface area contributed by atoms with Gasteiger partial charge in [0.15, 0.2) is 0 Å². The van der Waals surface area contributed by atoms with Crippen molar-refractivity contribution in [1.29, 1.82) is 5.26 Å². The van der Waals surface area contributed by atoms with Gasteiger partial charge in [-0.25, -0.2) is 9.37 Å². The van der Waals surface area contributed by atoms with Crippen molar-refractivity contribution in [1.82, 2.24) is 19.4 Å². The summed E-state index contributed by atoms with van der Waals surface area (Å²) in [6.07, 6.45) is 2.40. The molecule has 13 heteroatoms. The van der Waals surface area contributed by atoms with E-state index in [2.05, 4.69) is 9.97 Å². The van der Waals surface area contributed by atoms with Gasteiger partial charge in [-0.2, -0.15) is 10.2 Å². The van der Waals surface area contributed by atoms with Crippen molar-refractivity contribution in [2.45, 2.75) is 26.1 Å². The highest BCUT2D eigenvalue weighted by molar-refractivity contribution is 6.30. The summed E-state index contributed by atoms with van der Waals surface area (Å²) in [6.45, 7) is 4.01. The summed E-state index contributed by atoms with van der Waals surface area (Å²) >= 11 is 6.26. The van der Waals surface area contributed by atoms with Crippen LogP contribution in [0.2, 0.25) is 5.02 Å². The van der Waals surface area contributed by atoms with Gasteiger partial charge in [0.25, 0.3) is 11.5 Å². The van der Waals surface area contributed by atoms with Gasteiger partial charge in [-0.15, -0.1) is 0 Å². The van der Waals surface area contributed by atoms with Crippen molar-refractivity contribution in [2.24, 2.45) is 7.05 Å². The van der Waals surface area contributed by atoms with Gasteiger partial charge in [0.1, 0.15) is 29.4 Å². The molecule has 0 bridgehead atoms. The smallest absolute Gasteiger partial charge is 0.277 e. The summed E-state index contributed by atoms with van der Waals surface area (Å²) in [4.78, 5) is 43.1. The first-order valence-electron chi connectivity index (χ1n) is 12.7. The monoisotopic (exact) mass is 578 g/mol. The maximum Gasteiger partial charge on any atom is 0.277 e. The maximum atomic E-state index is 15.0. The number of benzene rings is 1. The third-order valence-corrected chi connectivity index (χ3v) is 7.26. The number of hydrogen-bond donors (Lipinski definition) is 0. The molecule has 212 valence electrons. The van der Waals surface area contributed by atoms with Crippen LogP contribution in [-0.4, -0.2) is 59.1 Å². The third kappa shape index (κ3) is 4.52. The van der Waals surface area contributed by atoms with Crippen LogP contribution in [0.3, 0.4) is 0 Å². The molecular weight excluding hydrogens is 551 g/mol. The Balaban J connectivity index is 1.73. The molecule has 0 N–H and O–H groups in total. The largest absolute Gasteiger partial charge is 0.481 e. The topological polar surface area (TPSA) is 111 Å². The van der Waals surface area contributed by atoms with Crippen LogP contribution in [0.15, 0.2) is 52.8 Å². The number of carbonyl (C=O) groups excluding carboxylic acids is 1. The minimum absolute atomic E-state index is 0.0760. The van der Waals surface area contributed by atoms with Crippen LogP contribution < -0.4 is 25.0 Å². The normalized spacial score (nSPS) is 16.5. The Labute approximate surface area is 241 Å². The lowest BCUT2D eigenvalue weighted by molar-refractivity contribution is -0.114. The van der Waals surface area contributed by atoms with Gasteiger partial charge in [0, 0.05) is 45.3 Å². The summed E-state index contributed by atoms with van der Waals surface area (Å²) in [5.41, 5.74) is 1.37. The first kappa shape index (κ1) is 27.9. The van der Waals surface area contributed by atoms with Gasteiger partial charge < -0.3 is 24.0 Å². The second-order valence-corrected chi connectivity index (χ2v) is 10.6. The molecule has 41 heavy (non-hydrogen) atoms. The number of nitriles is 1. The first-order valence-corrected chi connectivity index (χ1v) is 13.1. The van der Waals surface area contributed by atoms with Crippen LogP contribution in [0.5, 0.6) is 5.88 Å². The summed E-state index contributed by atoms with van der Waals surface area (Å²) in [5, 5.41) is 9.62. The molecule has 0 radical (unpaired) electrons. The molecule has 2 aliphatic rings. The average Bonchev–Trinajstić information content (AvgIpc) is 3.44. The number of carbonyl (C=O) groups is 1. The molecule has 0 unspecified atom stereocenters. The van der Waals surface area contributed by atoms with E-state index >= 15 is 4.39 Å². The van der Waals surface area contributed by atoms with E-state index in [0.717, 1.165) is 0 Å². The third-order valence-electron chi connectivity index (χ3n) is 7.06. The molecule has 1 amide bonds. The predicted molar refractivity (Wildman–Crippen MR) is 152 cm³/mol. The van der Waals surface area contributed by atoms with E-state index in [1.807, 2.05) is 24.8 Å². The Kier molecular flexibility index (Phi) is 7.08. The van der Waals surface area contributed by atoms with E-state index in [-0.39, 0.29) is 41.0 Å². The number of aryl methyl sites for hydroxylation is 1. The summed E-state index contributed by atoms with van der Waals surface area (Å²) in [5.74, 6) is -0.476. The number of amides is 1. The highest BCUT2D eigenvalue weighted by Gasteiger charge is 2.51. The minimum Gasteiger partial charge on any atom is -0.481 e. The molecule has 1 aromatic carbocycles. The fourth-order valence-corrected chi connectivity index (χ4v) is 5.50. The Bertz CT molecular complexity index is 1700. The van der Waals surface area contributed by atoms with Crippen molar-refractivity contribution >= 4 is 34.8 Å². The van der Waals surface area contributed by atoms with Crippen LogP contribution >= 0.6 is 11.6 Å². The van der Waals surface area contributed by atoms with E-state index in [9.17, 15) is 14.9 Å². The second kappa shape index (κ2) is 10.4. The van der Waals surface area contributed by atoms with E-state index in [4.69, 9.17) is 16.3 Å². The fourth-order valence-electron chi connectivity index (χ4n) is 5.25. The molecule has 0 saturated carbocycles. The Morgan fingerprint density at radius 2 is 1.98 bits per heavy atom. The molecule has 0 spiro atoms. The highest BCUT2D eigenvalue weighted by atomic mass is 35.5. The Hall–Kier alpha value is -4.63. The van der Waals surface area contributed by atoms with Crippen LogP contribution in [0.25, 0.3) is 0 Å². The van der Waals surface area contributed by atoms with Gasteiger partial charge in [-0.3, -0.25) is 14.5 Å². The Morgan fingerprint density at radius 1 is 1.24 bits per heavy atom. The van der Waals surface area contributed by atoms with Crippen LogP contribution in [0, 0.1) is 17.1 Å². The molecule has 5 rings (SSSR count). The molecule has 4 heterocycles. The van der Waals surface area contributed by atoms with E-state index < -0.39 is 17.9 Å². The predicted octanol–water partition coefficient (Wildman–Crippen LogP) is 3.40. The van der Waals surface area contributed by atoms with Crippen molar-refractivity contribution in [3.05, 3.63) is 80.4 Å². The summed E-state index contributed by atoms with van der Waals surface area (Å²) < 4.78 is 22.0. The quantitative estimate of drug-likeness (QED) is 0.434. The number of hydrogen-bond acceptors (Lipinski definition) is 9. The minimum atomic E-state index is -0.730. The maximum absolute atomic E-state index is 15.0. The van der Waals surface area contributed by atoms with Crippen LogP contribution in [-0.2, 0) is 11.8 Å². The standard InChI is InChI=1S/C28H28ClFN8O3/c1-15(2)37-22-14-36(21-9-17(29)13-35(5)26(21)39)27(40)23(22)38(18-8-7-16(11-31)20(30)10-18)25(37)19-12-32-28(34(3)4)33-24(19)41-6/h7-10,12-13,15,25H,14H2,1-6H3/t25-/m0/s1. The van der Waals surface area contributed by atoms with Gasteiger partial charge in [0.2, 0.25) is 11.8 Å². The van der Waals surface area contributed by atoms with Gasteiger partial charge >= 0.3 is 0 Å². The lowest BCUT2D eigenvalue weighted by Crippen LogP contribution is -2.44. The molecule has 0 fully saturated rings. The van der Waals surface area contributed by atoms with Crippen molar-refractivity contribution in [2.75, 3.05) is 42.4 Å². The van der Waals surface area contributed by atoms with Gasteiger partial charge in [-0.1, -0.05) is 11.6 Å². The number of nitrogens with zero attached hydrogens (tertiary/aromatic N) is 8. The van der Waals surface area contributed by atoms with E-state index in [1.54, 1.807) is 43.2 Å². The zero-order valence-corrected chi connectivity index (χ0v) is 24.1. The number of anilines is 3. The van der Waals surface area contributed by atoms with Crippen molar-refractivity contribution in [3.63, 3.8) is 0 Å². The fraction of sp³-hybridized carbons (Fsp3) is 0.321. The molecule has 2 aromatic heterocycles. The average molecular weight is 579 g/mol. The lowest BCUT2D eigenvalue weighted by Gasteiger charge is -2.39. The van der Waals surface area contributed by atoms with Gasteiger partial charge in [-0.05, 0) is 38.1 Å². The Morgan fingerprint density at radius 3 is 2.59 bits per heavy atom. The van der Waals surface area contributed by atoms with Crippen LogP contribution in [0.1, 0.15) is 31.1 Å². The van der Waals surface area contributed by atoms with Crippen molar-refractivity contribution < 1.29 is 13.9 Å². The molecule has 1 atom stereocenters. The van der Waals surface area contributed by atoms with Crippen LogP contribution in [0.4, 0.5) is 21.7 Å². The number of ether oxygens (including phenoxy) is 1. The van der Waals surface area contributed by atoms with E-state index in [0.29, 0.717) is 27.9 Å². The molecule has 0 aliphatic carbocycles. The number of aromatic nitrogens is 3. The summed E-state index contributed by atoms with van der Waals surface area (Å²) in [7, 11) is 6.67. The molecule has 0 saturated heterocycles. The molecule has 11 nitrogen and oxygen atoms in total. The number of pyridine rings is 1. The number of rotatable bonds is 6.